The molecule has 1 aliphatic heterocycles. The molecule has 0 saturated heterocycles. The Morgan fingerprint density at radius 1 is 1.28 bits per heavy atom. The van der Waals surface area contributed by atoms with Crippen LogP contribution in [0.2, 0.25) is 0 Å². The molecule has 94 valence electrons. The van der Waals surface area contributed by atoms with Crippen LogP contribution in [0.4, 0.5) is 5.82 Å². The molecule has 0 unspecified atom stereocenters. The molecule has 3 rings (SSSR count). The summed E-state index contributed by atoms with van der Waals surface area (Å²) < 4.78 is 12.5. The van der Waals surface area contributed by atoms with Gasteiger partial charge in [-0.25, -0.2) is 0 Å². The molecule has 5 nitrogen and oxygen atoms in total. The Morgan fingerprint density at radius 2 is 2.00 bits per heavy atom. The molecule has 2 N–H and O–H groups in total. The fourth-order valence-electron chi connectivity index (χ4n) is 2.19. The average Bonchev–Trinajstić information content (AvgIpc) is 2.94. The van der Waals surface area contributed by atoms with Crippen molar-refractivity contribution in [3.05, 3.63) is 29.3 Å². The van der Waals surface area contributed by atoms with Crippen LogP contribution in [0.1, 0.15) is 11.1 Å². The first kappa shape index (κ1) is 11.1. The summed E-state index contributed by atoms with van der Waals surface area (Å²) >= 11 is 0. The Hall–Kier alpha value is -2.01. The van der Waals surface area contributed by atoms with Crippen LogP contribution >= 0.6 is 0 Å². The molecule has 1 aliphatic rings. The standard InChI is InChI=1S/C13H15N3O2/c1-16-13(14)5-11(15-16)10-3-8-6-18-7-9(8)4-12(10)17-2/h3-5H,6-7,14H2,1-2H3. The number of hydrogen-bond acceptors (Lipinski definition) is 4. The molecular weight excluding hydrogens is 230 g/mol. The third-order valence-corrected chi connectivity index (χ3v) is 3.23. The van der Waals surface area contributed by atoms with Gasteiger partial charge < -0.3 is 15.2 Å². The highest BCUT2D eigenvalue weighted by atomic mass is 16.5. The van der Waals surface area contributed by atoms with Gasteiger partial charge in [-0.05, 0) is 23.3 Å². The van der Waals surface area contributed by atoms with Gasteiger partial charge in [0.1, 0.15) is 11.6 Å². The number of nitrogen functional groups attached to an aromatic ring is 1. The molecule has 0 spiro atoms. The predicted molar refractivity (Wildman–Crippen MR) is 68.1 cm³/mol. The molecule has 18 heavy (non-hydrogen) atoms. The zero-order valence-electron chi connectivity index (χ0n) is 10.4. The maximum atomic E-state index is 5.82. The molecule has 1 aromatic carbocycles. The quantitative estimate of drug-likeness (QED) is 0.874. The van der Waals surface area contributed by atoms with E-state index in [4.69, 9.17) is 15.2 Å². The Bertz CT molecular complexity index is 585. The molecule has 1 aromatic heterocycles. The first-order chi connectivity index (χ1) is 8.69. The summed E-state index contributed by atoms with van der Waals surface area (Å²) in [4.78, 5) is 0. The second kappa shape index (κ2) is 4.03. The Kier molecular flexibility index (Phi) is 2.48. The van der Waals surface area contributed by atoms with Crippen molar-refractivity contribution < 1.29 is 9.47 Å². The first-order valence-electron chi connectivity index (χ1n) is 5.76. The van der Waals surface area contributed by atoms with Gasteiger partial charge in [-0.2, -0.15) is 5.10 Å². The van der Waals surface area contributed by atoms with E-state index in [1.807, 2.05) is 19.2 Å². The van der Waals surface area contributed by atoms with E-state index in [9.17, 15) is 0 Å². The molecule has 2 heterocycles. The van der Waals surface area contributed by atoms with Crippen LogP contribution in [0, 0.1) is 0 Å². The number of rotatable bonds is 2. The molecule has 0 bridgehead atoms. The van der Waals surface area contributed by atoms with E-state index in [1.165, 1.54) is 11.1 Å². The summed E-state index contributed by atoms with van der Waals surface area (Å²) in [7, 11) is 3.48. The van der Waals surface area contributed by atoms with Crippen molar-refractivity contribution in [2.45, 2.75) is 13.2 Å². The third-order valence-electron chi connectivity index (χ3n) is 3.23. The number of aryl methyl sites for hydroxylation is 1. The van der Waals surface area contributed by atoms with E-state index < -0.39 is 0 Å². The minimum Gasteiger partial charge on any atom is -0.496 e. The van der Waals surface area contributed by atoms with Gasteiger partial charge in [0, 0.05) is 18.7 Å². The molecule has 0 fully saturated rings. The van der Waals surface area contributed by atoms with Crippen LogP contribution < -0.4 is 10.5 Å². The minimum atomic E-state index is 0.629. The third kappa shape index (κ3) is 1.64. The highest BCUT2D eigenvalue weighted by Gasteiger charge is 2.18. The summed E-state index contributed by atoms with van der Waals surface area (Å²) in [5.74, 6) is 1.43. The molecule has 0 radical (unpaired) electrons. The van der Waals surface area contributed by atoms with Crippen molar-refractivity contribution in [1.82, 2.24) is 9.78 Å². The van der Waals surface area contributed by atoms with Crippen LogP contribution in [0.3, 0.4) is 0 Å². The lowest BCUT2D eigenvalue weighted by Gasteiger charge is -2.08. The maximum absolute atomic E-state index is 5.82. The largest absolute Gasteiger partial charge is 0.496 e. The SMILES string of the molecule is COc1cc2c(cc1-c1cc(N)n(C)n1)COC2. The lowest BCUT2D eigenvalue weighted by atomic mass is 10.0. The number of aromatic nitrogens is 2. The smallest absolute Gasteiger partial charge is 0.128 e. The molecule has 2 aromatic rings. The fourth-order valence-corrected chi connectivity index (χ4v) is 2.19. The number of fused-ring (bicyclic) bond motifs is 1. The molecule has 5 heteroatoms. The first-order valence-corrected chi connectivity index (χ1v) is 5.76. The summed E-state index contributed by atoms with van der Waals surface area (Å²) in [5, 5.41) is 4.39. The van der Waals surface area contributed by atoms with Crippen LogP contribution in [-0.2, 0) is 25.0 Å². The van der Waals surface area contributed by atoms with Gasteiger partial charge in [0.2, 0.25) is 0 Å². The van der Waals surface area contributed by atoms with Gasteiger partial charge in [-0.15, -0.1) is 0 Å². The topological polar surface area (TPSA) is 62.3 Å². The van der Waals surface area contributed by atoms with E-state index >= 15 is 0 Å². The fraction of sp³-hybridized carbons (Fsp3) is 0.308. The van der Waals surface area contributed by atoms with E-state index in [0.29, 0.717) is 19.0 Å². The van der Waals surface area contributed by atoms with Crippen molar-refractivity contribution in [3.63, 3.8) is 0 Å². The molecule has 0 aliphatic carbocycles. The second-order valence-electron chi connectivity index (χ2n) is 4.39. The summed E-state index contributed by atoms with van der Waals surface area (Å²) in [5.41, 5.74) is 9.96. The Labute approximate surface area is 105 Å². The van der Waals surface area contributed by atoms with Gasteiger partial charge in [0.05, 0.1) is 26.0 Å². The van der Waals surface area contributed by atoms with Crippen LogP contribution in [0.5, 0.6) is 5.75 Å². The molecular formula is C13H15N3O2. The summed E-state index contributed by atoms with van der Waals surface area (Å²) in [6.45, 7) is 1.30. The van der Waals surface area contributed by atoms with Crippen molar-refractivity contribution in [3.8, 4) is 17.0 Å². The number of ether oxygens (including phenoxy) is 2. The predicted octanol–water partition coefficient (Wildman–Crippen LogP) is 1.71. The number of methoxy groups -OCH3 is 1. The van der Waals surface area contributed by atoms with Crippen LogP contribution in [-0.4, -0.2) is 16.9 Å². The highest BCUT2D eigenvalue weighted by molar-refractivity contribution is 5.71. The van der Waals surface area contributed by atoms with Gasteiger partial charge in [0.25, 0.3) is 0 Å². The number of nitrogens with zero attached hydrogens (tertiary/aromatic N) is 2. The van der Waals surface area contributed by atoms with E-state index in [1.54, 1.807) is 11.8 Å². The van der Waals surface area contributed by atoms with Gasteiger partial charge >= 0.3 is 0 Å². The van der Waals surface area contributed by atoms with Crippen LogP contribution in [0.25, 0.3) is 11.3 Å². The van der Waals surface area contributed by atoms with Crippen molar-refractivity contribution in [2.24, 2.45) is 7.05 Å². The Morgan fingerprint density at radius 3 is 2.61 bits per heavy atom. The summed E-state index contributed by atoms with van der Waals surface area (Å²) in [6, 6.07) is 5.94. The zero-order valence-corrected chi connectivity index (χ0v) is 10.4. The Balaban J connectivity index is 2.16. The minimum absolute atomic E-state index is 0.629. The van der Waals surface area contributed by atoms with E-state index in [-0.39, 0.29) is 0 Å². The second-order valence-corrected chi connectivity index (χ2v) is 4.39. The van der Waals surface area contributed by atoms with Gasteiger partial charge in [0.15, 0.2) is 0 Å². The number of nitrogens with two attached hydrogens (primary N) is 1. The van der Waals surface area contributed by atoms with Gasteiger partial charge in [-0.3, -0.25) is 4.68 Å². The normalized spacial score (nSPS) is 13.7. The molecule has 0 saturated carbocycles. The molecule has 0 atom stereocenters. The number of hydrogen-bond donors (Lipinski definition) is 1. The van der Waals surface area contributed by atoms with E-state index in [0.717, 1.165) is 17.0 Å². The van der Waals surface area contributed by atoms with E-state index in [2.05, 4.69) is 11.2 Å². The van der Waals surface area contributed by atoms with Crippen LogP contribution in [0.15, 0.2) is 18.2 Å². The van der Waals surface area contributed by atoms with Gasteiger partial charge in [-0.1, -0.05) is 0 Å². The van der Waals surface area contributed by atoms with Crippen molar-refractivity contribution in [2.75, 3.05) is 12.8 Å². The zero-order chi connectivity index (χ0) is 12.7. The number of anilines is 1. The maximum Gasteiger partial charge on any atom is 0.128 e. The monoisotopic (exact) mass is 245 g/mol. The van der Waals surface area contributed by atoms with Crippen molar-refractivity contribution >= 4 is 5.82 Å². The average molecular weight is 245 g/mol. The number of benzene rings is 1. The summed E-state index contributed by atoms with van der Waals surface area (Å²) in [6.07, 6.45) is 0. The lowest BCUT2D eigenvalue weighted by molar-refractivity contribution is 0.134. The highest BCUT2D eigenvalue weighted by Crippen LogP contribution is 2.35. The van der Waals surface area contributed by atoms with Crippen molar-refractivity contribution in [1.29, 1.82) is 0 Å². The molecule has 0 amide bonds. The lowest BCUT2D eigenvalue weighted by Crippen LogP contribution is -1.97.